The van der Waals surface area contributed by atoms with E-state index in [-0.39, 0.29) is 5.41 Å². The van der Waals surface area contributed by atoms with E-state index in [0.29, 0.717) is 0 Å². The molecule has 1 aromatic heterocycles. The van der Waals surface area contributed by atoms with Gasteiger partial charge in [0.15, 0.2) is 0 Å². The summed E-state index contributed by atoms with van der Waals surface area (Å²) in [5, 5.41) is 2.56. The van der Waals surface area contributed by atoms with Crippen molar-refractivity contribution >= 4 is 38.9 Å². The highest BCUT2D eigenvalue weighted by molar-refractivity contribution is 6.09. The first-order valence-corrected chi connectivity index (χ1v) is 16.7. The Labute approximate surface area is 283 Å². The number of rotatable bonds is 6. The Bertz CT molecular complexity index is 2270. The molecule has 8 rings (SSSR count). The normalized spacial score (nSPS) is 11.6. The van der Waals surface area contributed by atoms with Crippen LogP contribution in [0.4, 0.5) is 17.1 Å². The fourth-order valence-electron chi connectivity index (χ4n) is 6.80. The first kappa shape index (κ1) is 29.5. The quantitative estimate of drug-likeness (QED) is 0.180. The topological polar surface area (TPSA) is 8.17 Å². The highest BCUT2D eigenvalue weighted by Crippen LogP contribution is 2.38. The van der Waals surface area contributed by atoms with Gasteiger partial charge in [0.1, 0.15) is 0 Å². The van der Waals surface area contributed by atoms with Crippen LogP contribution in [0.2, 0.25) is 0 Å². The molecule has 0 spiro atoms. The highest BCUT2D eigenvalue weighted by Gasteiger charge is 2.17. The van der Waals surface area contributed by atoms with Crippen molar-refractivity contribution < 1.29 is 0 Å². The Balaban J connectivity index is 1.13. The van der Waals surface area contributed by atoms with Crippen LogP contribution in [0.5, 0.6) is 0 Å². The molecule has 232 valence electrons. The summed E-state index contributed by atoms with van der Waals surface area (Å²) in [6, 6.07) is 63.6. The molecular formula is C46H38N2. The Kier molecular flexibility index (Phi) is 7.42. The number of fused-ring (bicyclic) bond motifs is 3. The molecule has 0 fully saturated rings. The van der Waals surface area contributed by atoms with Crippen LogP contribution in [0.1, 0.15) is 26.3 Å². The van der Waals surface area contributed by atoms with E-state index in [2.05, 4.69) is 206 Å². The molecule has 0 aliphatic carbocycles. The smallest absolute Gasteiger partial charge is 0.0541 e. The van der Waals surface area contributed by atoms with E-state index >= 15 is 0 Å². The summed E-state index contributed by atoms with van der Waals surface area (Å²) >= 11 is 0. The fourth-order valence-corrected chi connectivity index (χ4v) is 6.80. The van der Waals surface area contributed by atoms with Gasteiger partial charge in [-0.15, -0.1) is 0 Å². The van der Waals surface area contributed by atoms with E-state index < -0.39 is 0 Å². The summed E-state index contributed by atoms with van der Waals surface area (Å²) in [6.45, 7) is 6.78. The fraction of sp³-hybridized carbons (Fsp3) is 0.0870. The van der Waals surface area contributed by atoms with Gasteiger partial charge in [0.05, 0.1) is 11.0 Å². The number of benzene rings is 7. The maximum atomic E-state index is 2.36. The van der Waals surface area contributed by atoms with Gasteiger partial charge in [-0.3, -0.25) is 0 Å². The number of hydrogen-bond donors (Lipinski definition) is 0. The zero-order valence-electron chi connectivity index (χ0n) is 27.6. The molecule has 0 amide bonds. The molecule has 0 atom stereocenters. The van der Waals surface area contributed by atoms with Gasteiger partial charge in [-0.1, -0.05) is 136 Å². The zero-order valence-corrected chi connectivity index (χ0v) is 27.6. The molecule has 8 aromatic rings. The van der Waals surface area contributed by atoms with Crippen LogP contribution in [0.15, 0.2) is 176 Å². The van der Waals surface area contributed by atoms with Crippen LogP contribution < -0.4 is 4.90 Å². The Hall–Kier alpha value is -5.86. The number of nitrogens with zero attached hydrogens (tertiary/aromatic N) is 2. The maximum absolute atomic E-state index is 2.36. The summed E-state index contributed by atoms with van der Waals surface area (Å²) in [7, 11) is 0. The van der Waals surface area contributed by atoms with Gasteiger partial charge in [0.2, 0.25) is 0 Å². The minimum atomic E-state index is 0.0967. The monoisotopic (exact) mass is 618 g/mol. The lowest BCUT2D eigenvalue weighted by Gasteiger charge is -2.27. The molecule has 2 nitrogen and oxygen atoms in total. The van der Waals surface area contributed by atoms with Gasteiger partial charge in [0, 0.05) is 33.5 Å². The van der Waals surface area contributed by atoms with E-state index in [4.69, 9.17) is 0 Å². The van der Waals surface area contributed by atoms with Crippen LogP contribution in [-0.4, -0.2) is 4.57 Å². The third-order valence-corrected chi connectivity index (χ3v) is 9.39. The summed E-state index contributed by atoms with van der Waals surface area (Å²) in [5.41, 5.74) is 13.2. The van der Waals surface area contributed by atoms with E-state index in [9.17, 15) is 0 Å². The first-order chi connectivity index (χ1) is 23.4. The number of hydrogen-bond acceptors (Lipinski definition) is 1. The Morgan fingerprint density at radius 1 is 0.375 bits per heavy atom. The molecule has 0 radical (unpaired) electrons. The molecule has 0 aliphatic heterocycles. The highest BCUT2D eigenvalue weighted by atomic mass is 15.1. The molecule has 1 heterocycles. The van der Waals surface area contributed by atoms with Crippen LogP contribution in [-0.2, 0) is 5.41 Å². The van der Waals surface area contributed by atoms with Crippen molar-refractivity contribution in [1.29, 1.82) is 0 Å². The molecule has 0 saturated heterocycles. The average molecular weight is 619 g/mol. The minimum Gasteiger partial charge on any atom is -0.311 e. The number of anilines is 3. The lowest BCUT2D eigenvalue weighted by Crippen LogP contribution is -2.13. The Morgan fingerprint density at radius 2 is 0.750 bits per heavy atom. The molecular weight excluding hydrogens is 581 g/mol. The van der Waals surface area contributed by atoms with Crippen molar-refractivity contribution in [1.82, 2.24) is 4.57 Å². The molecule has 48 heavy (non-hydrogen) atoms. The summed E-state index contributed by atoms with van der Waals surface area (Å²) < 4.78 is 2.36. The van der Waals surface area contributed by atoms with E-state index in [0.717, 1.165) is 22.7 Å². The second-order valence-electron chi connectivity index (χ2n) is 13.5. The van der Waals surface area contributed by atoms with Crippen molar-refractivity contribution in [2.45, 2.75) is 26.2 Å². The number of aromatic nitrogens is 1. The summed E-state index contributed by atoms with van der Waals surface area (Å²) in [4.78, 5) is 2.34. The zero-order chi connectivity index (χ0) is 32.7. The third-order valence-electron chi connectivity index (χ3n) is 9.39. The van der Waals surface area contributed by atoms with Gasteiger partial charge < -0.3 is 9.47 Å². The molecule has 7 aromatic carbocycles. The summed E-state index contributed by atoms with van der Waals surface area (Å²) in [6.07, 6.45) is 0. The number of para-hydroxylation sites is 2. The van der Waals surface area contributed by atoms with Gasteiger partial charge in [-0.2, -0.15) is 0 Å². The van der Waals surface area contributed by atoms with Crippen molar-refractivity contribution in [2.24, 2.45) is 0 Å². The first-order valence-electron chi connectivity index (χ1n) is 16.7. The molecule has 2 heteroatoms. The van der Waals surface area contributed by atoms with Crippen molar-refractivity contribution in [3.8, 4) is 27.9 Å². The van der Waals surface area contributed by atoms with Crippen molar-refractivity contribution in [3.05, 3.63) is 181 Å². The van der Waals surface area contributed by atoms with Crippen LogP contribution in [0, 0.1) is 0 Å². The van der Waals surface area contributed by atoms with Crippen LogP contribution in [0.25, 0.3) is 49.7 Å². The van der Waals surface area contributed by atoms with E-state index in [1.54, 1.807) is 0 Å². The lowest BCUT2D eigenvalue weighted by molar-refractivity contribution is 0.590. The van der Waals surface area contributed by atoms with Gasteiger partial charge in [0.25, 0.3) is 0 Å². The third kappa shape index (κ3) is 5.46. The maximum Gasteiger partial charge on any atom is 0.0541 e. The second-order valence-corrected chi connectivity index (χ2v) is 13.5. The molecule has 0 aliphatic rings. The second kappa shape index (κ2) is 12.1. The molecule has 0 saturated carbocycles. The largest absolute Gasteiger partial charge is 0.311 e. The van der Waals surface area contributed by atoms with Crippen LogP contribution >= 0.6 is 0 Å². The predicted octanol–water partition coefficient (Wildman–Crippen LogP) is 12.9. The van der Waals surface area contributed by atoms with E-state index in [1.165, 1.54) is 49.6 Å². The van der Waals surface area contributed by atoms with Crippen molar-refractivity contribution in [2.75, 3.05) is 4.90 Å². The SMILES string of the molecule is CC(C)(C)c1ccc(N(c2ccc(-c3ccccc3)cc2)c2ccc(-c3ccc(-n4c5ccccc5c5ccccc54)cc3)cc2)cc1. The van der Waals surface area contributed by atoms with Gasteiger partial charge >= 0.3 is 0 Å². The Morgan fingerprint density at radius 3 is 1.21 bits per heavy atom. The molecule has 0 N–H and O–H groups in total. The predicted molar refractivity (Wildman–Crippen MR) is 205 cm³/mol. The van der Waals surface area contributed by atoms with Gasteiger partial charge in [-0.05, 0) is 93.9 Å². The minimum absolute atomic E-state index is 0.0967. The van der Waals surface area contributed by atoms with Crippen LogP contribution in [0.3, 0.4) is 0 Å². The molecule has 0 unspecified atom stereocenters. The standard InChI is InChI=1S/C46H38N2/c1-46(2,3)37-23-31-40(32-24-37)47(38-25-17-34(18-26-38)33-11-5-4-6-12-33)39-27-19-35(20-28-39)36-21-29-41(30-22-36)48-44-15-9-7-13-42(44)43-14-8-10-16-45(43)48/h4-32H,1-3H3. The molecule has 0 bridgehead atoms. The van der Waals surface area contributed by atoms with E-state index in [1.807, 2.05) is 0 Å². The van der Waals surface area contributed by atoms with Gasteiger partial charge in [-0.25, -0.2) is 0 Å². The lowest BCUT2D eigenvalue weighted by atomic mass is 9.87. The van der Waals surface area contributed by atoms with Crippen molar-refractivity contribution in [3.63, 3.8) is 0 Å². The summed E-state index contributed by atoms with van der Waals surface area (Å²) in [5.74, 6) is 0. The average Bonchev–Trinajstić information content (AvgIpc) is 3.47.